The summed E-state index contributed by atoms with van der Waals surface area (Å²) in [5, 5.41) is 9.51. The smallest absolute Gasteiger partial charge is 0.228 e. The van der Waals surface area contributed by atoms with Crippen molar-refractivity contribution in [3.05, 3.63) is 29.8 Å². The zero-order valence-corrected chi connectivity index (χ0v) is 11.9. The van der Waals surface area contributed by atoms with Gasteiger partial charge in [-0.1, -0.05) is 32.9 Å². The molecule has 0 aliphatic heterocycles. The Morgan fingerprint density at radius 3 is 2.44 bits per heavy atom. The Kier molecular flexibility index (Phi) is 4.38. The number of amides is 1. The van der Waals surface area contributed by atoms with Crippen LogP contribution in [0.4, 0.5) is 0 Å². The van der Waals surface area contributed by atoms with Gasteiger partial charge in [0, 0.05) is 12.0 Å². The fourth-order valence-electron chi connectivity index (χ4n) is 1.99. The van der Waals surface area contributed by atoms with Crippen LogP contribution in [0.1, 0.15) is 46.2 Å². The predicted octanol–water partition coefficient (Wildman–Crippen LogP) is 3.35. The summed E-state index contributed by atoms with van der Waals surface area (Å²) < 4.78 is 0. The van der Waals surface area contributed by atoms with E-state index in [1.807, 2.05) is 45.6 Å². The van der Waals surface area contributed by atoms with Crippen LogP contribution in [0.5, 0.6) is 5.75 Å². The molecule has 0 aliphatic rings. The van der Waals surface area contributed by atoms with Gasteiger partial charge in [0.1, 0.15) is 5.75 Å². The summed E-state index contributed by atoms with van der Waals surface area (Å²) in [6.07, 6.45) is 0. The highest BCUT2D eigenvalue weighted by atomic mass is 16.3. The summed E-state index contributed by atoms with van der Waals surface area (Å²) in [4.78, 5) is 14.2. The molecule has 0 radical (unpaired) electrons. The summed E-state index contributed by atoms with van der Waals surface area (Å²) >= 11 is 0. The first kappa shape index (κ1) is 14.6. The van der Waals surface area contributed by atoms with Crippen LogP contribution < -0.4 is 0 Å². The average molecular weight is 249 g/mol. The molecule has 3 heteroatoms. The van der Waals surface area contributed by atoms with E-state index in [9.17, 15) is 9.90 Å². The van der Waals surface area contributed by atoms with Crippen LogP contribution in [0.25, 0.3) is 0 Å². The molecule has 1 unspecified atom stereocenters. The maximum atomic E-state index is 12.4. The highest BCUT2D eigenvalue weighted by Crippen LogP contribution is 2.27. The van der Waals surface area contributed by atoms with E-state index in [0.29, 0.717) is 6.54 Å². The first-order valence-electron chi connectivity index (χ1n) is 6.37. The number of carbonyl (C=O) groups is 1. The first-order chi connectivity index (χ1) is 8.27. The molecule has 0 spiro atoms. The van der Waals surface area contributed by atoms with E-state index in [1.54, 1.807) is 18.2 Å². The Hall–Kier alpha value is -1.51. The van der Waals surface area contributed by atoms with Gasteiger partial charge < -0.3 is 10.0 Å². The van der Waals surface area contributed by atoms with Crippen LogP contribution in [0.2, 0.25) is 0 Å². The van der Waals surface area contributed by atoms with Crippen molar-refractivity contribution in [2.75, 3.05) is 6.54 Å². The zero-order chi connectivity index (χ0) is 13.9. The lowest BCUT2D eigenvalue weighted by atomic mass is 9.93. The molecule has 0 saturated heterocycles. The number of carbonyl (C=O) groups excluding carboxylic acids is 1. The van der Waals surface area contributed by atoms with E-state index >= 15 is 0 Å². The van der Waals surface area contributed by atoms with Gasteiger partial charge in [-0.05, 0) is 31.5 Å². The van der Waals surface area contributed by atoms with Crippen LogP contribution >= 0.6 is 0 Å². The van der Waals surface area contributed by atoms with Crippen molar-refractivity contribution in [1.29, 1.82) is 0 Å². The molecule has 18 heavy (non-hydrogen) atoms. The summed E-state index contributed by atoms with van der Waals surface area (Å²) in [5.41, 5.74) is 0.565. The minimum absolute atomic E-state index is 0.0335. The molecule has 0 saturated carbocycles. The Morgan fingerprint density at radius 2 is 2.00 bits per heavy atom. The van der Waals surface area contributed by atoms with E-state index in [2.05, 4.69) is 0 Å². The van der Waals surface area contributed by atoms with E-state index in [4.69, 9.17) is 0 Å². The number of aromatic hydroxyl groups is 1. The molecule has 100 valence electrons. The van der Waals surface area contributed by atoms with Gasteiger partial charge in [0.2, 0.25) is 5.91 Å². The van der Waals surface area contributed by atoms with E-state index in [0.717, 1.165) is 5.56 Å². The van der Waals surface area contributed by atoms with Gasteiger partial charge in [0.05, 0.1) is 6.04 Å². The van der Waals surface area contributed by atoms with Gasteiger partial charge in [0.25, 0.3) is 0 Å². The largest absolute Gasteiger partial charge is 0.508 e. The third kappa shape index (κ3) is 3.25. The van der Waals surface area contributed by atoms with Crippen molar-refractivity contribution in [2.45, 2.75) is 40.7 Å². The molecule has 1 rings (SSSR count). The lowest BCUT2D eigenvalue weighted by Crippen LogP contribution is -2.40. The van der Waals surface area contributed by atoms with Gasteiger partial charge >= 0.3 is 0 Å². The van der Waals surface area contributed by atoms with Crippen molar-refractivity contribution >= 4 is 5.91 Å². The lowest BCUT2D eigenvalue weighted by Gasteiger charge is -2.33. The molecule has 1 aromatic rings. The van der Waals surface area contributed by atoms with E-state index < -0.39 is 0 Å². The molecule has 1 aromatic carbocycles. The number of nitrogens with zero attached hydrogens (tertiary/aromatic N) is 1. The van der Waals surface area contributed by atoms with Gasteiger partial charge in [-0.25, -0.2) is 0 Å². The number of benzene rings is 1. The molecule has 0 fully saturated rings. The van der Waals surface area contributed by atoms with Crippen LogP contribution in [0.15, 0.2) is 24.3 Å². The number of phenolic OH excluding ortho intramolecular Hbond substituents is 1. The van der Waals surface area contributed by atoms with Gasteiger partial charge in [-0.3, -0.25) is 4.79 Å². The standard InChI is InChI=1S/C15H23NO2/c1-6-16(14(18)15(3,4)5)11(2)12-8-7-9-13(17)10-12/h7-11,17H,6H2,1-5H3. The van der Waals surface area contributed by atoms with Crippen LogP contribution in [-0.4, -0.2) is 22.5 Å². The Morgan fingerprint density at radius 1 is 1.39 bits per heavy atom. The molecule has 1 atom stereocenters. The fraction of sp³-hybridized carbons (Fsp3) is 0.533. The van der Waals surface area contributed by atoms with Crippen LogP contribution in [0, 0.1) is 5.41 Å². The first-order valence-corrected chi connectivity index (χ1v) is 6.37. The second-order valence-electron chi connectivity index (χ2n) is 5.61. The molecule has 0 bridgehead atoms. The minimum Gasteiger partial charge on any atom is -0.508 e. The normalized spacial score (nSPS) is 13.2. The fourth-order valence-corrected chi connectivity index (χ4v) is 1.99. The summed E-state index contributed by atoms with van der Waals surface area (Å²) in [7, 11) is 0. The van der Waals surface area contributed by atoms with Crippen molar-refractivity contribution in [2.24, 2.45) is 5.41 Å². The molecule has 1 amide bonds. The molecular formula is C15H23NO2. The number of hydrogen-bond donors (Lipinski definition) is 1. The average Bonchev–Trinajstić information content (AvgIpc) is 2.28. The van der Waals surface area contributed by atoms with Gasteiger partial charge in [0.15, 0.2) is 0 Å². The molecule has 0 aromatic heterocycles. The summed E-state index contributed by atoms with van der Waals surface area (Å²) in [5.74, 6) is 0.361. The molecular weight excluding hydrogens is 226 g/mol. The highest BCUT2D eigenvalue weighted by molar-refractivity contribution is 5.81. The minimum atomic E-state index is -0.388. The van der Waals surface area contributed by atoms with E-state index in [-0.39, 0.29) is 23.1 Å². The molecule has 0 aliphatic carbocycles. The maximum absolute atomic E-state index is 12.4. The monoisotopic (exact) mass is 249 g/mol. The lowest BCUT2D eigenvalue weighted by molar-refractivity contribution is -0.141. The van der Waals surface area contributed by atoms with Crippen molar-refractivity contribution < 1.29 is 9.90 Å². The third-order valence-electron chi connectivity index (χ3n) is 3.06. The van der Waals surface area contributed by atoms with Gasteiger partial charge in [-0.15, -0.1) is 0 Å². The highest BCUT2D eigenvalue weighted by Gasteiger charge is 2.29. The maximum Gasteiger partial charge on any atom is 0.228 e. The number of phenols is 1. The zero-order valence-electron chi connectivity index (χ0n) is 11.9. The number of rotatable bonds is 3. The van der Waals surface area contributed by atoms with Crippen LogP contribution in [-0.2, 0) is 4.79 Å². The second kappa shape index (κ2) is 5.42. The SMILES string of the molecule is CCN(C(=O)C(C)(C)C)C(C)c1cccc(O)c1. The summed E-state index contributed by atoms with van der Waals surface area (Å²) in [6.45, 7) is 10.4. The number of hydrogen-bond acceptors (Lipinski definition) is 2. The van der Waals surface area contributed by atoms with Gasteiger partial charge in [-0.2, -0.15) is 0 Å². The van der Waals surface area contributed by atoms with E-state index in [1.165, 1.54) is 0 Å². The second-order valence-corrected chi connectivity index (χ2v) is 5.61. The van der Waals surface area contributed by atoms with Crippen molar-refractivity contribution in [3.8, 4) is 5.75 Å². The molecule has 3 nitrogen and oxygen atoms in total. The summed E-state index contributed by atoms with van der Waals surface area (Å²) in [6, 6.07) is 7.05. The van der Waals surface area contributed by atoms with Crippen molar-refractivity contribution in [3.63, 3.8) is 0 Å². The Bertz CT molecular complexity index is 421. The molecule has 1 N–H and O–H groups in total. The quantitative estimate of drug-likeness (QED) is 0.892. The molecule has 0 heterocycles. The van der Waals surface area contributed by atoms with Crippen molar-refractivity contribution in [1.82, 2.24) is 4.90 Å². The topological polar surface area (TPSA) is 40.5 Å². The van der Waals surface area contributed by atoms with Crippen LogP contribution in [0.3, 0.4) is 0 Å². The Labute approximate surface area is 109 Å². The predicted molar refractivity (Wildman–Crippen MR) is 73.4 cm³/mol. The Balaban J connectivity index is 2.99. The third-order valence-corrected chi connectivity index (χ3v) is 3.06.